The molecule has 0 aliphatic carbocycles. The van der Waals surface area contributed by atoms with Crippen LogP contribution in [-0.4, -0.2) is 17.4 Å². The minimum absolute atomic E-state index is 0.661. The van der Waals surface area contributed by atoms with E-state index in [4.69, 9.17) is 0 Å². The molecule has 0 aromatic heterocycles. The van der Waals surface area contributed by atoms with Crippen LogP contribution in [0.4, 0.5) is 0 Å². The summed E-state index contributed by atoms with van der Waals surface area (Å²) >= 11 is 0. The minimum Gasteiger partial charge on any atom is -0.374 e. The maximum Gasteiger partial charge on any atom is 0.135 e. The van der Waals surface area contributed by atoms with Crippen LogP contribution >= 0.6 is 0 Å². The Morgan fingerprint density at radius 1 is 1.21 bits per heavy atom. The number of nitrogens with zero attached hydrogens (tertiary/aromatic N) is 1. The van der Waals surface area contributed by atoms with Gasteiger partial charge in [-0.15, -0.1) is 0 Å². The zero-order chi connectivity index (χ0) is 9.86. The highest BCUT2D eigenvalue weighted by Gasteiger charge is 2.29. The van der Waals surface area contributed by atoms with Gasteiger partial charge in [0.15, 0.2) is 0 Å². The van der Waals surface area contributed by atoms with Crippen LogP contribution in [0.2, 0.25) is 0 Å². The summed E-state index contributed by atoms with van der Waals surface area (Å²) in [6.07, 6.45) is 3.68. The normalized spacial score (nSPS) is 27.5. The van der Waals surface area contributed by atoms with E-state index in [1.807, 2.05) is 30.3 Å². The van der Waals surface area contributed by atoms with Gasteiger partial charge in [-0.3, -0.25) is 0 Å². The standard InChI is InChI=1S/C12H16NO/c14-12(8-4-5-9-13-12)10-11-6-2-1-3-7-11/h1-3,6-7,14H,4-5,8-10H2. The summed E-state index contributed by atoms with van der Waals surface area (Å²) in [6, 6.07) is 10.1. The molecule has 14 heavy (non-hydrogen) atoms. The van der Waals surface area contributed by atoms with Gasteiger partial charge in [0.1, 0.15) is 5.72 Å². The van der Waals surface area contributed by atoms with Crippen molar-refractivity contribution in [2.75, 3.05) is 6.54 Å². The van der Waals surface area contributed by atoms with Gasteiger partial charge in [-0.2, -0.15) is 0 Å². The van der Waals surface area contributed by atoms with Crippen molar-refractivity contribution in [3.05, 3.63) is 35.9 Å². The lowest BCUT2D eigenvalue weighted by molar-refractivity contribution is -0.0221. The summed E-state index contributed by atoms with van der Waals surface area (Å²) in [5.41, 5.74) is 0.375. The van der Waals surface area contributed by atoms with E-state index in [2.05, 4.69) is 5.32 Å². The van der Waals surface area contributed by atoms with E-state index in [1.165, 1.54) is 5.56 Å². The molecule has 1 aliphatic heterocycles. The van der Waals surface area contributed by atoms with Gasteiger partial charge in [0, 0.05) is 13.0 Å². The summed E-state index contributed by atoms with van der Waals surface area (Å²) in [4.78, 5) is 0. The van der Waals surface area contributed by atoms with E-state index in [-0.39, 0.29) is 0 Å². The molecule has 2 rings (SSSR count). The second kappa shape index (κ2) is 4.11. The predicted octanol–water partition coefficient (Wildman–Crippen LogP) is 1.71. The van der Waals surface area contributed by atoms with Crippen molar-refractivity contribution >= 4 is 0 Å². The highest BCUT2D eigenvalue weighted by Crippen LogP contribution is 2.22. The molecule has 1 aromatic rings. The Balaban J connectivity index is 2.02. The number of rotatable bonds is 2. The third kappa shape index (κ3) is 2.34. The Morgan fingerprint density at radius 2 is 2.00 bits per heavy atom. The summed E-state index contributed by atoms with van der Waals surface area (Å²) in [5.74, 6) is 0. The monoisotopic (exact) mass is 190 g/mol. The zero-order valence-corrected chi connectivity index (χ0v) is 8.32. The highest BCUT2D eigenvalue weighted by atomic mass is 16.3. The Bertz CT molecular complexity index is 278. The van der Waals surface area contributed by atoms with Gasteiger partial charge in [-0.25, -0.2) is 5.32 Å². The molecule has 1 aromatic carbocycles. The molecule has 1 N–H and O–H groups in total. The van der Waals surface area contributed by atoms with Crippen molar-refractivity contribution in [2.45, 2.75) is 31.4 Å². The lowest BCUT2D eigenvalue weighted by atomic mass is 9.94. The maximum absolute atomic E-state index is 10.2. The third-order valence-corrected chi connectivity index (χ3v) is 2.72. The Labute approximate surface area is 85.0 Å². The second-order valence-corrected chi connectivity index (χ2v) is 3.98. The summed E-state index contributed by atoms with van der Waals surface area (Å²) < 4.78 is 0. The molecule has 2 heteroatoms. The van der Waals surface area contributed by atoms with Gasteiger partial charge in [0.2, 0.25) is 0 Å². The SMILES string of the molecule is OC1(Cc2ccccc2)CCCC[N]1. The zero-order valence-electron chi connectivity index (χ0n) is 8.32. The van der Waals surface area contributed by atoms with E-state index < -0.39 is 5.72 Å². The van der Waals surface area contributed by atoms with E-state index in [1.54, 1.807) is 0 Å². The van der Waals surface area contributed by atoms with E-state index in [0.29, 0.717) is 6.42 Å². The number of piperidine rings is 1. The third-order valence-electron chi connectivity index (χ3n) is 2.72. The lowest BCUT2D eigenvalue weighted by Gasteiger charge is -2.31. The first-order valence-electron chi connectivity index (χ1n) is 5.23. The molecule has 1 saturated heterocycles. The van der Waals surface area contributed by atoms with Gasteiger partial charge in [0.05, 0.1) is 0 Å². The molecule has 1 heterocycles. The summed E-state index contributed by atoms with van der Waals surface area (Å²) in [5, 5.41) is 14.5. The molecule has 1 unspecified atom stereocenters. The van der Waals surface area contributed by atoms with Crippen LogP contribution in [0.15, 0.2) is 30.3 Å². The minimum atomic E-state index is -0.792. The Hall–Kier alpha value is -0.860. The van der Waals surface area contributed by atoms with Crippen LogP contribution in [0.3, 0.4) is 0 Å². The fourth-order valence-corrected chi connectivity index (χ4v) is 1.95. The van der Waals surface area contributed by atoms with Gasteiger partial charge in [-0.1, -0.05) is 30.3 Å². The fraction of sp³-hybridized carbons (Fsp3) is 0.500. The molecule has 0 bridgehead atoms. The summed E-state index contributed by atoms with van der Waals surface area (Å²) in [7, 11) is 0. The van der Waals surface area contributed by atoms with Crippen LogP contribution in [0, 0.1) is 0 Å². The van der Waals surface area contributed by atoms with Crippen molar-refractivity contribution in [2.24, 2.45) is 0 Å². The fourth-order valence-electron chi connectivity index (χ4n) is 1.95. The molecule has 1 fully saturated rings. The van der Waals surface area contributed by atoms with Crippen molar-refractivity contribution in [1.29, 1.82) is 0 Å². The van der Waals surface area contributed by atoms with E-state index in [9.17, 15) is 5.11 Å². The van der Waals surface area contributed by atoms with Crippen LogP contribution in [0.5, 0.6) is 0 Å². The van der Waals surface area contributed by atoms with Crippen molar-refractivity contribution in [1.82, 2.24) is 5.32 Å². The first-order valence-corrected chi connectivity index (χ1v) is 5.23. The number of benzene rings is 1. The topological polar surface area (TPSA) is 34.3 Å². The molecule has 1 aliphatic rings. The molecule has 1 atom stereocenters. The quantitative estimate of drug-likeness (QED) is 0.756. The van der Waals surface area contributed by atoms with Gasteiger partial charge in [0.25, 0.3) is 0 Å². The smallest absolute Gasteiger partial charge is 0.135 e. The van der Waals surface area contributed by atoms with Gasteiger partial charge >= 0.3 is 0 Å². The average Bonchev–Trinajstić information content (AvgIpc) is 2.19. The van der Waals surface area contributed by atoms with Crippen molar-refractivity contribution in [3.8, 4) is 0 Å². The van der Waals surface area contributed by atoms with Crippen molar-refractivity contribution < 1.29 is 5.11 Å². The first kappa shape index (κ1) is 9.69. The van der Waals surface area contributed by atoms with Crippen LogP contribution in [0.1, 0.15) is 24.8 Å². The van der Waals surface area contributed by atoms with Gasteiger partial charge < -0.3 is 5.11 Å². The molecule has 0 amide bonds. The molecule has 75 valence electrons. The van der Waals surface area contributed by atoms with Crippen molar-refractivity contribution in [3.63, 3.8) is 0 Å². The van der Waals surface area contributed by atoms with Crippen LogP contribution in [-0.2, 0) is 6.42 Å². The maximum atomic E-state index is 10.2. The Morgan fingerprint density at radius 3 is 2.64 bits per heavy atom. The molecule has 2 nitrogen and oxygen atoms in total. The number of hydrogen-bond acceptors (Lipinski definition) is 1. The predicted molar refractivity (Wildman–Crippen MR) is 55.9 cm³/mol. The first-order chi connectivity index (χ1) is 6.79. The molecular formula is C12H16NO. The average molecular weight is 190 g/mol. The molecule has 1 radical (unpaired) electrons. The number of aliphatic hydroxyl groups is 1. The molecule has 0 spiro atoms. The largest absolute Gasteiger partial charge is 0.374 e. The Kier molecular flexibility index (Phi) is 2.85. The summed E-state index contributed by atoms with van der Waals surface area (Å²) in [6.45, 7) is 0.809. The van der Waals surface area contributed by atoms with E-state index >= 15 is 0 Å². The van der Waals surface area contributed by atoms with Crippen LogP contribution in [0.25, 0.3) is 0 Å². The van der Waals surface area contributed by atoms with Gasteiger partial charge in [-0.05, 0) is 24.8 Å². The molecular weight excluding hydrogens is 174 g/mol. The van der Waals surface area contributed by atoms with Crippen LogP contribution < -0.4 is 5.32 Å². The number of hydrogen-bond donors (Lipinski definition) is 1. The van der Waals surface area contributed by atoms with E-state index in [0.717, 1.165) is 25.8 Å². The lowest BCUT2D eigenvalue weighted by Crippen LogP contribution is -2.45. The highest BCUT2D eigenvalue weighted by molar-refractivity contribution is 5.16. The second-order valence-electron chi connectivity index (χ2n) is 3.98. The molecule has 0 saturated carbocycles.